The fourth-order valence-electron chi connectivity index (χ4n) is 6.32. The molecule has 2 aromatic carbocycles. The number of carbonyl (C=O) groups excluding carboxylic acids is 1. The average Bonchev–Trinajstić information content (AvgIpc) is 2.91. The Bertz CT molecular complexity index is 1420. The third-order valence-corrected chi connectivity index (χ3v) is 10.4. The first-order valence-electron chi connectivity index (χ1n) is 13.7. The highest BCUT2D eigenvalue weighted by Gasteiger charge is 2.50. The van der Waals surface area contributed by atoms with E-state index >= 15 is 0 Å². The van der Waals surface area contributed by atoms with Crippen molar-refractivity contribution in [2.75, 3.05) is 46.0 Å². The SMILES string of the molecule is Cc1cc(F)ccc1[C@H]1C[C@@H]([N+]2(S(C)(=O)=O)CCNCC2)CCN1C(=O)N(C)Cc1cc(C(F)(F)F)cc(C(F)(F)F)c1. The predicted molar refractivity (Wildman–Crippen MR) is 145 cm³/mol. The number of amides is 2. The van der Waals surface area contributed by atoms with Crippen molar-refractivity contribution < 1.29 is 47.8 Å². The highest BCUT2D eigenvalue weighted by Crippen LogP contribution is 2.40. The van der Waals surface area contributed by atoms with Gasteiger partial charge in [0.2, 0.25) is 0 Å². The van der Waals surface area contributed by atoms with E-state index in [0.717, 1.165) is 4.90 Å². The van der Waals surface area contributed by atoms with E-state index in [0.29, 0.717) is 55.9 Å². The lowest BCUT2D eigenvalue weighted by Crippen LogP contribution is -2.68. The summed E-state index contributed by atoms with van der Waals surface area (Å²) in [5.74, 6) is -0.504. The largest absolute Gasteiger partial charge is 0.416 e. The van der Waals surface area contributed by atoms with Gasteiger partial charge in [-0.2, -0.15) is 34.8 Å². The van der Waals surface area contributed by atoms with Gasteiger partial charge in [-0.05, 0) is 53.9 Å². The maximum atomic E-state index is 14.0. The van der Waals surface area contributed by atoms with Gasteiger partial charge in [-0.1, -0.05) is 6.07 Å². The Kier molecular flexibility index (Phi) is 9.12. The van der Waals surface area contributed by atoms with Crippen LogP contribution in [0.3, 0.4) is 0 Å². The predicted octanol–water partition coefficient (Wildman–Crippen LogP) is 5.31. The first-order valence-corrected chi connectivity index (χ1v) is 15.5. The van der Waals surface area contributed by atoms with Crippen molar-refractivity contribution in [2.45, 2.75) is 50.7 Å². The standard InChI is InChI=1S/C28H34F7N4O3S/c1-18-12-22(29)4-5-24(18)25-16-23(39(43(3,41)42)10-7-36-8-11-39)6-9-38(25)26(40)37(2)17-19-13-20(27(30,31)32)15-21(14-19)28(33,34)35/h4-5,12-15,23,25,36H,6-11,16-17H2,1-3H3/q+1/t23-,25+/m0/s1. The summed E-state index contributed by atoms with van der Waals surface area (Å²) in [4.78, 5) is 16.3. The van der Waals surface area contributed by atoms with Gasteiger partial charge >= 0.3 is 18.4 Å². The Morgan fingerprint density at radius 3 is 2.12 bits per heavy atom. The highest BCUT2D eigenvalue weighted by molar-refractivity contribution is 7.85. The summed E-state index contributed by atoms with van der Waals surface area (Å²) in [6.45, 7) is 2.79. The topological polar surface area (TPSA) is 69.7 Å². The molecule has 7 nitrogen and oxygen atoms in total. The molecule has 0 aliphatic carbocycles. The molecule has 2 atom stereocenters. The first kappa shape index (κ1) is 33.0. The van der Waals surface area contributed by atoms with Crippen LogP contribution >= 0.6 is 0 Å². The number of hydrogen-bond donors (Lipinski definition) is 1. The van der Waals surface area contributed by atoms with Gasteiger partial charge in [0.15, 0.2) is 0 Å². The van der Waals surface area contributed by atoms with Gasteiger partial charge in [-0.15, -0.1) is 0 Å². The number of hydrogen-bond acceptors (Lipinski definition) is 4. The average molecular weight is 640 g/mol. The monoisotopic (exact) mass is 639 g/mol. The lowest BCUT2D eigenvalue weighted by atomic mass is 9.88. The molecule has 2 aliphatic heterocycles. The summed E-state index contributed by atoms with van der Waals surface area (Å²) < 4.78 is 121. The maximum Gasteiger partial charge on any atom is 0.416 e. The van der Waals surface area contributed by atoms with Crippen LogP contribution < -0.4 is 5.32 Å². The number of sulfonamides is 1. The second-order valence-corrected chi connectivity index (χ2v) is 13.5. The van der Waals surface area contributed by atoms with Crippen LogP contribution in [0.2, 0.25) is 0 Å². The van der Waals surface area contributed by atoms with Crippen LogP contribution in [-0.4, -0.2) is 80.2 Å². The quantitative estimate of drug-likeness (QED) is 0.356. The molecule has 0 aromatic heterocycles. The molecule has 0 unspecified atom stereocenters. The number of piperidine rings is 1. The van der Waals surface area contributed by atoms with Crippen LogP contribution in [0.25, 0.3) is 0 Å². The third-order valence-electron chi connectivity index (χ3n) is 8.47. The zero-order chi connectivity index (χ0) is 32.0. The van der Waals surface area contributed by atoms with Crippen molar-refractivity contribution in [2.24, 2.45) is 0 Å². The summed E-state index contributed by atoms with van der Waals surface area (Å²) in [6.07, 6.45) is -8.37. The Morgan fingerprint density at radius 2 is 1.60 bits per heavy atom. The molecular weight excluding hydrogens is 605 g/mol. The zero-order valence-electron chi connectivity index (χ0n) is 23.9. The maximum absolute atomic E-state index is 14.0. The zero-order valence-corrected chi connectivity index (χ0v) is 24.7. The van der Waals surface area contributed by atoms with Gasteiger partial charge < -0.3 is 15.1 Å². The highest BCUT2D eigenvalue weighted by atomic mass is 32.2. The number of benzene rings is 2. The number of carbonyl (C=O) groups is 1. The van der Waals surface area contributed by atoms with Gasteiger partial charge in [-0.3, -0.25) is 0 Å². The normalized spacial score (nSPS) is 21.5. The second-order valence-electron chi connectivity index (χ2n) is 11.3. The van der Waals surface area contributed by atoms with E-state index in [2.05, 4.69) is 5.32 Å². The van der Waals surface area contributed by atoms with Crippen molar-refractivity contribution in [3.05, 3.63) is 70.0 Å². The van der Waals surface area contributed by atoms with Crippen LogP contribution in [0.1, 0.15) is 46.7 Å². The van der Waals surface area contributed by atoms with E-state index in [1.807, 2.05) is 0 Å². The number of alkyl halides is 6. The van der Waals surface area contributed by atoms with Gasteiger partial charge in [-0.25, -0.2) is 13.1 Å². The Balaban J connectivity index is 1.68. The van der Waals surface area contributed by atoms with Crippen molar-refractivity contribution in [3.8, 4) is 0 Å². The van der Waals surface area contributed by atoms with Crippen LogP contribution in [0, 0.1) is 12.7 Å². The molecule has 2 aromatic rings. The number of halogens is 7. The van der Waals surface area contributed by atoms with Crippen molar-refractivity contribution in [1.82, 2.24) is 15.1 Å². The van der Waals surface area contributed by atoms with E-state index < -0.39 is 64.0 Å². The van der Waals surface area contributed by atoms with E-state index in [1.165, 1.54) is 36.4 Å². The molecule has 2 aliphatic rings. The van der Waals surface area contributed by atoms with Crippen molar-refractivity contribution >= 4 is 16.1 Å². The number of nitrogens with zero attached hydrogens (tertiary/aromatic N) is 3. The minimum atomic E-state index is -5.03. The third kappa shape index (κ3) is 6.93. The molecule has 238 valence electrons. The molecule has 2 saturated heterocycles. The number of quaternary nitrogens is 1. The number of urea groups is 1. The van der Waals surface area contributed by atoms with Gasteiger partial charge in [0, 0.05) is 46.1 Å². The molecule has 2 fully saturated rings. The number of nitrogens with one attached hydrogen (secondary N) is 1. The van der Waals surface area contributed by atoms with Gasteiger partial charge in [0.1, 0.15) is 24.9 Å². The summed E-state index contributed by atoms with van der Waals surface area (Å²) in [5, 5.41) is 3.17. The summed E-state index contributed by atoms with van der Waals surface area (Å²) in [7, 11) is -2.32. The molecule has 0 radical (unpaired) electrons. The first-order chi connectivity index (χ1) is 19.8. The minimum absolute atomic E-state index is 0.0279. The lowest BCUT2D eigenvalue weighted by Gasteiger charge is -2.50. The number of aryl methyl sites for hydroxylation is 1. The van der Waals surface area contributed by atoms with Crippen LogP contribution in [0.5, 0.6) is 0 Å². The summed E-state index contributed by atoms with van der Waals surface area (Å²) >= 11 is 0. The minimum Gasteiger partial charge on any atom is -0.323 e. The molecule has 0 spiro atoms. The molecule has 43 heavy (non-hydrogen) atoms. The van der Waals surface area contributed by atoms with E-state index in [9.17, 15) is 43.9 Å². The Morgan fingerprint density at radius 1 is 1.02 bits per heavy atom. The fraction of sp³-hybridized carbons (Fsp3) is 0.536. The molecule has 15 heteroatoms. The van der Waals surface area contributed by atoms with Crippen LogP contribution in [0.15, 0.2) is 36.4 Å². The Hall–Kier alpha value is -2.91. The number of likely N-dealkylation sites (tertiary alicyclic amines) is 1. The van der Waals surface area contributed by atoms with E-state index in [1.54, 1.807) is 6.92 Å². The fourth-order valence-corrected chi connectivity index (χ4v) is 7.90. The molecular formula is C28H34F7N4O3S+. The molecule has 1 N–H and O–H groups in total. The van der Waals surface area contributed by atoms with Crippen molar-refractivity contribution in [1.29, 1.82) is 0 Å². The second kappa shape index (κ2) is 11.9. The molecule has 0 saturated carbocycles. The molecule has 0 bridgehead atoms. The molecule has 2 amide bonds. The summed E-state index contributed by atoms with van der Waals surface area (Å²) in [6, 6.07) is 3.44. The van der Waals surface area contributed by atoms with Gasteiger partial charge in [0.05, 0.1) is 23.4 Å². The van der Waals surface area contributed by atoms with E-state index in [4.69, 9.17) is 0 Å². The smallest absolute Gasteiger partial charge is 0.323 e. The number of piperazine rings is 1. The molecule has 4 rings (SSSR count). The Labute approximate surface area is 245 Å². The van der Waals surface area contributed by atoms with E-state index in [-0.39, 0.29) is 28.5 Å². The van der Waals surface area contributed by atoms with Gasteiger partial charge in [0.25, 0.3) is 10.0 Å². The number of rotatable bonds is 5. The lowest BCUT2D eigenvalue weighted by molar-refractivity contribution is -0.837. The summed E-state index contributed by atoms with van der Waals surface area (Å²) in [5.41, 5.74) is -2.22. The van der Waals surface area contributed by atoms with Crippen LogP contribution in [0.4, 0.5) is 35.5 Å². The van der Waals surface area contributed by atoms with Crippen molar-refractivity contribution in [3.63, 3.8) is 0 Å². The van der Waals surface area contributed by atoms with Crippen LogP contribution in [-0.2, 0) is 28.9 Å². The molecule has 2 heterocycles.